The number of nitrogens with one attached hydrogen (secondary N) is 1. The van der Waals surface area contributed by atoms with Crippen molar-refractivity contribution in [3.05, 3.63) is 58.6 Å². The van der Waals surface area contributed by atoms with Crippen LogP contribution in [0, 0.1) is 6.92 Å². The number of hydrogen-bond donors (Lipinski definition) is 1. The van der Waals surface area contributed by atoms with Gasteiger partial charge in [-0.05, 0) is 50.6 Å². The van der Waals surface area contributed by atoms with Gasteiger partial charge in [0.05, 0.1) is 6.04 Å². The van der Waals surface area contributed by atoms with Gasteiger partial charge in [0.25, 0.3) is 0 Å². The fourth-order valence-electron chi connectivity index (χ4n) is 3.50. The Hall–Kier alpha value is -2.37. The first-order chi connectivity index (χ1) is 13.3. The second kappa shape index (κ2) is 8.76. The largest absolute Gasteiger partial charge is 0.369 e. The van der Waals surface area contributed by atoms with E-state index in [2.05, 4.69) is 22.0 Å². The van der Waals surface area contributed by atoms with Crippen LogP contribution in [0.3, 0.4) is 0 Å². The topological polar surface area (TPSA) is 52.7 Å². The molecule has 0 saturated carbocycles. The van der Waals surface area contributed by atoms with E-state index in [9.17, 15) is 9.59 Å². The highest BCUT2D eigenvalue weighted by Crippen LogP contribution is 2.25. The third-order valence-electron chi connectivity index (χ3n) is 5.29. The van der Waals surface area contributed by atoms with E-state index in [1.807, 2.05) is 25.1 Å². The number of rotatable bonds is 5. The average Bonchev–Trinajstić information content (AvgIpc) is 2.69. The van der Waals surface area contributed by atoms with Crippen molar-refractivity contribution in [1.82, 2.24) is 4.90 Å². The maximum absolute atomic E-state index is 12.7. The first-order valence-electron chi connectivity index (χ1n) is 9.52. The molecule has 0 aromatic heterocycles. The van der Waals surface area contributed by atoms with Gasteiger partial charge in [-0.3, -0.25) is 14.5 Å². The van der Waals surface area contributed by atoms with Crippen LogP contribution in [-0.2, 0) is 4.79 Å². The summed E-state index contributed by atoms with van der Waals surface area (Å²) in [6.07, 6.45) is 0. The molecule has 1 saturated heterocycles. The lowest BCUT2D eigenvalue weighted by molar-refractivity contribution is -0.120. The normalized spacial score (nSPS) is 15.9. The molecule has 0 radical (unpaired) electrons. The van der Waals surface area contributed by atoms with Crippen molar-refractivity contribution in [2.45, 2.75) is 26.8 Å². The zero-order valence-electron chi connectivity index (χ0n) is 16.5. The number of amides is 1. The molecule has 0 bridgehead atoms. The summed E-state index contributed by atoms with van der Waals surface area (Å²) in [5.41, 5.74) is 3.60. The van der Waals surface area contributed by atoms with Crippen LogP contribution in [0.5, 0.6) is 0 Å². The van der Waals surface area contributed by atoms with Gasteiger partial charge in [0, 0.05) is 48.1 Å². The molecule has 1 aliphatic heterocycles. The van der Waals surface area contributed by atoms with Crippen LogP contribution in [0.15, 0.2) is 42.5 Å². The fourth-order valence-corrected chi connectivity index (χ4v) is 3.67. The number of benzene rings is 2. The number of aryl methyl sites for hydroxylation is 1. The van der Waals surface area contributed by atoms with E-state index in [0.29, 0.717) is 11.3 Å². The molecule has 28 heavy (non-hydrogen) atoms. The predicted molar refractivity (Wildman–Crippen MR) is 115 cm³/mol. The molecule has 2 aromatic carbocycles. The van der Waals surface area contributed by atoms with Gasteiger partial charge >= 0.3 is 0 Å². The molecule has 1 amide bonds. The number of nitrogens with zero attached hydrogens (tertiary/aromatic N) is 2. The van der Waals surface area contributed by atoms with Gasteiger partial charge in [-0.25, -0.2) is 0 Å². The number of hydrogen-bond acceptors (Lipinski definition) is 4. The molecule has 0 spiro atoms. The summed E-state index contributed by atoms with van der Waals surface area (Å²) in [4.78, 5) is 28.7. The molecule has 1 heterocycles. The first-order valence-corrected chi connectivity index (χ1v) is 9.90. The van der Waals surface area contributed by atoms with Gasteiger partial charge < -0.3 is 10.2 Å². The van der Waals surface area contributed by atoms with Crippen LogP contribution in [-0.4, -0.2) is 48.8 Å². The van der Waals surface area contributed by atoms with Crippen molar-refractivity contribution in [3.63, 3.8) is 0 Å². The molecule has 3 rings (SSSR count). The van der Waals surface area contributed by atoms with Crippen LogP contribution in [0.2, 0.25) is 5.02 Å². The standard InChI is InChI=1S/C22H26ClN3O2/c1-15-7-8-19(23)14-21(15)26-11-9-25(10-12-26)16(2)22(28)24-20-6-4-5-18(13-20)17(3)27/h4-8,13-14,16H,9-12H2,1-3H3,(H,24,28)/t16-/m0/s1. The highest BCUT2D eigenvalue weighted by Gasteiger charge is 2.26. The van der Waals surface area contributed by atoms with Crippen molar-refractivity contribution in [2.75, 3.05) is 36.4 Å². The summed E-state index contributed by atoms with van der Waals surface area (Å²) >= 11 is 6.15. The summed E-state index contributed by atoms with van der Waals surface area (Å²) in [7, 11) is 0. The number of piperazine rings is 1. The molecule has 1 fully saturated rings. The number of carbonyl (C=O) groups is 2. The maximum Gasteiger partial charge on any atom is 0.241 e. The van der Waals surface area contributed by atoms with E-state index in [-0.39, 0.29) is 17.7 Å². The first kappa shape index (κ1) is 20.4. The monoisotopic (exact) mass is 399 g/mol. The van der Waals surface area contributed by atoms with Gasteiger partial charge in [0.1, 0.15) is 0 Å². The summed E-state index contributed by atoms with van der Waals surface area (Å²) in [5.74, 6) is -0.0790. The minimum atomic E-state index is -0.247. The summed E-state index contributed by atoms with van der Waals surface area (Å²) < 4.78 is 0. The Bertz CT molecular complexity index is 876. The smallest absolute Gasteiger partial charge is 0.241 e. The Morgan fingerprint density at radius 2 is 1.79 bits per heavy atom. The van der Waals surface area contributed by atoms with Crippen molar-refractivity contribution < 1.29 is 9.59 Å². The van der Waals surface area contributed by atoms with Gasteiger partial charge in [-0.15, -0.1) is 0 Å². The van der Waals surface area contributed by atoms with Gasteiger partial charge in [-0.2, -0.15) is 0 Å². The molecule has 5 nitrogen and oxygen atoms in total. The minimum absolute atomic E-state index is 0.0171. The predicted octanol–water partition coefficient (Wildman–Crippen LogP) is 4.00. The van der Waals surface area contributed by atoms with E-state index in [1.54, 1.807) is 24.3 Å². The molecule has 1 atom stereocenters. The van der Waals surface area contributed by atoms with Crippen LogP contribution < -0.4 is 10.2 Å². The number of carbonyl (C=O) groups excluding carboxylic acids is 2. The molecular formula is C22H26ClN3O2. The van der Waals surface area contributed by atoms with Crippen LogP contribution in [0.25, 0.3) is 0 Å². The van der Waals surface area contributed by atoms with Gasteiger partial charge in [-0.1, -0.05) is 29.8 Å². The lowest BCUT2D eigenvalue weighted by Crippen LogP contribution is -2.53. The SMILES string of the molecule is CC(=O)c1cccc(NC(=O)[C@H](C)N2CCN(c3cc(Cl)ccc3C)CC2)c1. The molecule has 6 heteroatoms. The number of ketones is 1. The Labute approximate surface area is 171 Å². The molecular weight excluding hydrogens is 374 g/mol. The molecule has 148 valence electrons. The lowest BCUT2D eigenvalue weighted by atomic mass is 10.1. The van der Waals surface area contributed by atoms with Crippen molar-refractivity contribution in [1.29, 1.82) is 0 Å². The maximum atomic E-state index is 12.7. The van der Waals surface area contributed by atoms with Crippen LogP contribution in [0.4, 0.5) is 11.4 Å². The fraction of sp³-hybridized carbons (Fsp3) is 0.364. The molecule has 2 aromatic rings. The third-order valence-corrected chi connectivity index (χ3v) is 5.53. The second-order valence-electron chi connectivity index (χ2n) is 7.26. The summed E-state index contributed by atoms with van der Waals surface area (Å²) in [6, 6.07) is 12.7. The molecule has 0 unspecified atom stereocenters. The van der Waals surface area contributed by atoms with Crippen LogP contribution >= 0.6 is 11.6 Å². The highest BCUT2D eigenvalue weighted by atomic mass is 35.5. The average molecular weight is 400 g/mol. The minimum Gasteiger partial charge on any atom is -0.369 e. The Morgan fingerprint density at radius 1 is 1.07 bits per heavy atom. The molecule has 1 aliphatic rings. The zero-order valence-corrected chi connectivity index (χ0v) is 17.3. The van der Waals surface area contributed by atoms with Crippen molar-refractivity contribution >= 4 is 34.7 Å². The number of anilines is 2. The van der Waals surface area contributed by atoms with E-state index < -0.39 is 0 Å². The van der Waals surface area contributed by atoms with Crippen molar-refractivity contribution in [2.24, 2.45) is 0 Å². The Morgan fingerprint density at radius 3 is 2.46 bits per heavy atom. The van der Waals surface area contributed by atoms with Crippen molar-refractivity contribution in [3.8, 4) is 0 Å². The zero-order chi connectivity index (χ0) is 20.3. The number of halogens is 1. The van der Waals surface area contributed by atoms with Crippen LogP contribution in [0.1, 0.15) is 29.8 Å². The Balaban J connectivity index is 1.59. The summed E-state index contributed by atoms with van der Waals surface area (Å²) in [5, 5.41) is 3.67. The van der Waals surface area contributed by atoms with E-state index >= 15 is 0 Å². The third kappa shape index (κ3) is 4.72. The van der Waals surface area contributed by atoms with E-state index in [4.69, 9.17) is 11.6 Å². The Kier molecular flexibility index (Phi) is 6.37. The molecule has 0 aliphatic carbocycles. The number of Topliss-reactive ketones (excluding diaryl/α,β-unsaturated/α-hetero) is 1. The lowest BCUT2D eigenvalue weighted by Gasteiger charge is -2.39. The van der Waals surface area contributed by atoms with E-state index in [1.165, 1.54) is 12.5 Å². The molecule has 1 N–H and O–H groups in total. The van der Waals surface area contributed by atoms with E-state index in [0.717, 1.165) is 36.9 Å². The van der Waals surface area contributed by atoms with Gasteiger partial charge in [0.15, 0.2) is 5.78 Å². The second-order valence-corrected chi connectivity index (χ2v) is 7.69. The summed E-state index contributed by atoms with van der Waals surface area (Å²) in [6.45, 7) is 8.82. The highest BCUT2D eigenvalue weighted by molar-refractivity contribution is 6.30. The van der Waals surface area contributed by atoms with Gasteiger partial charge in [0.2, 0.25) is 5.91 Å². The quantitative estimate of drug-likeness (QED) is 0.772.